The largest absolute Gasteiger partial charge is 0.480 e. The molecule has 6 nitrogen and oxygen atoms in total. The molecule has 0 spiro atoms. The number of nitrogens with one attached hydrogen (secondary N) is 1. The fraction of sp³-hybridized carbons (Fsp3) is 0.857. The number of carboxylic acid groups (broad SMARTS) is 1. The molecule has 0 bridgehead atoms. The summed E-state index contributed by atoms with van der Waals surface area (Å²) in [7, 11) is 0. The van der Waals surface area contributed by atoms with Crippen LogP contribution < -0.4 is 5.32 Å². The van der Waals surface area contributed by atoms with Crippen LogP contribution in [0, 0.1) is 0 Å². The summed E-state index contributed by atoms with van der Waals surface area (Å²) >= 11 is 0. The smallest absolute Gasteiger partial charge is 0.323 e. The standard InChI is InChI=1S/C14H27N3O3/c1-11(9-16-7-5-6-8-16)15-13(20)17(10-12(18)19)14(2,3)4/h11H,5-10H2,1-4H3,(H,15,20)(H,18,19). The Labute approximate surface area is 121 Å². The maximum Gasteiger partial charge on any atom is 0.323 e. The Bertz CT molecular complexity index is 346. The third kappa shape index (κ3) is 5.36. The van der Waals surface area contributed by atoms with Crippen molar-refractivity contribution in [3.63, 3.8) is 0 Å². The predicted octanol–water partition coefficient (Wildman–Crippen LogP) is 1.37. The third-order valence-corrected chi connectivity index (χ3v) is 3.45. The zero-order chi connectivity index (χ0) is 15.3. The van der Waals surface area contributed by atoms with E-state index in [1.165, 1.54) is 17.7 Å². The zero-order valence-electron chi connectivity index (χ0n) is 13.0. The number of aliphatic carboxylic acids is 1. The van der Waals surface area contributed by atoms with E-state index in [-0.39, 0.29) is 18.6 Å². The molecule has 0 radical (unpaired) electrons. The Morgan fingerprint density at radius 2 is 1.85 bits per heavy atom. The molecular formula is C14H27N3O3. The molecule has 1 aliphatic rings. The first-order valence-electron chi connectivity index (χ1n) is 7.22. The molecule has 0 aliphatic carbocycles. The van der Waals surface area contributed by atoms with E-state index in [0.717, 1.165) is 19.6 Å². The van der Waals surface area contributed by atoms with Crippen LogP contribution in [0.4, 0.5) is 4.79 Å². The van der Waals surface area contributed by atoms with Crippen LogP contribution in [0.15, 0.2) is 0 Å². The Hall–Kier alpha value is -1.30. The number of carboxylic acids is 1. The number of hydrogen-bond donors (Lipinski definition) is 2. The van der Waals surface area contributed by atoms with Crippen LogP contribution in [0.1, 0.15) is 40.5 Å². The molecule has 116 valence electrons. The highest BCUT2D eigenvalue weighted by atomic mass is 16.4. The fourth-order valence-corrected chi connectivity index (χ4v) is 2.44. The number of amides is 2. The molecule has 1 saturated heterocycles. The molecule has 2 N–H and O–H groups in total. The minimum atomic E-state index is -0.998. The summed E-state index contributed by atoms with van der Waals surface area (Å²) < 4.78 is 0. The van der Waals surface area contributed by atoms with Crippen molar-refractivity contribution in [3.05, 3.63) is 0 Å². The summed E-state index contributed by atoms with van der Waals surface area (Å²) in [6.45, 7) is 10.2. The lowest BCUT2D eigenvalue weighted by Gasteiger charge is -2.35. The van der Waals surface area contributed by atoms with Crippen LogP contribution in [0.5, 0.6) is 0 Å². The lowest BCUT2D eigenvalue weighted by atomic mass is 10.1. The van der Waals surface area contributed by atoms with E-state index in [9.17, 15) is 9.59 Å². The molecule has 1 rings (SSSR count). The van der Waals surface area contributed by atoms with Crippen molar-refractivity contribution in [2.24, 2.45) is 0 Å². The summed E-state index contributed by atoms with van der Waals surface area (Å²) in [6, 6.07) is -0.300. The average Bonchev–Trinajstić information content (AvgIpc) is 2.76. The lowest BCUT2D eigenvalue weighted by molar-refractivity contribution is -0.138. The van der Waals surface area contributed by atoms with Gasteiger partial charge in [-0.05, 0) is 53.6 Å². The highest BCUT2D eigenvalue weighted by molar-refractivity contribution is 5.80. The summed E-state index contributed by atoms with van der Waals surface area (Å²) in [4.78, 5) is 26.8. The normalized spacial score (nSPS) is 17.8. The van der Waals surface area contributed by atoms with Gasteiger partial charge >= 0.3 is 12.0 Å². The summed E-state index contributed by atoms with van der Waals surface area (Å²) in [5.41, 5.74) is -0.518. The van der Waals surface area contributed by atoms with Crippen molar-refractivity contribution in [2.45, 2.75) is 52.1 Å². The minimum Gasteiger partial charge on any atom is -0.480 e. The van der Waals surface area contributed by atoms with Crippen LogP contribution in [0.2, 0.25) is 0 Å². The van der Waals surface area contributed by atoms with Crippen molar-refractivity contribution in [1.29, 1.82) is 0 Å². The van der Waals surface area contributed by atoms with Gasteiger partial charge in [-0.1, -0.05) is 0 Å². The molecule has 2 amide bonds. The molecule has 6 heteroatoms. The first-order valence-corrected chi connectivity index (χ1v) is 7.22. The third-order valence-electron chi connectivity index (χ3n) is 3.45. The minimum absolute atomic E-state index is 0.0132. The Balaban J connectivity index is 2.53. The van der Waals surface area contributed by atoms with Gasteiger partial charge in [-0.2, -0.15) is 0 Å². The average molecular weight is 285 g/mol. The monoisotopic (exact) mass is 285 g/mol. The Morgan fingerprint density at radius 3 is 2.30 bits per heavy atom. The van der Waals surface area contributed by atoms with E-state index in [1.807, 2.05) is 27.7 Å². The van der Waals surface area contributed by atoms with Gasteiger partial charge in [0, 0.05) is 18.1 Å². The molecule has 1 heterocycles. The summed E-state index contributed by atoms with van der Waals surface area (Å²) in [5.74, 6) is -0.998. The first kappa shape index (κ1) is 16.8. The van der Waals surface area contributed by atoms with Gasteiger partial charge in [-0.15, -0.1) is 0 Å². The van der Waals surface area contributed by atoms with Crippen LogP contribution in [-0.2, 0) is 4.79 Å². The van der Waals surface area contributed by atoms with E-state index in [2.05, 4.69) is 10.2 Å². The van der Waals surface area contributed by atoms with Gasteiger partial charge in [-0.3, -0.25) is 4.79 Å². The number of hydrogen-bond acceptors (Lipinski definition) is 3. The van der Waals surface area contributed by atoms with Crippen molar-refractivity contribution in [1.82, 2.24) is 15.1 Å². The van der Waals surface area contributed by atoms with Crippen molar-refractivity contribution < 1.29 is 14.7 Å². The molecule has 1 atom stereocenters. The molecule has 20 heavy (non-hydrogen) atoms. The Morgan fingerprint density at radius 1 is 1.30 bits per heavy atom. The number of carbonyl (C=O) groups is 2. The molecule has 1 fully saturated rings. The number of likely N-dealkylation sites (tertiary alicyclic amines) is 1. The lowest BCUT2D eigenvalue weighted by Crippen LogP contribution is -2.55. The summed E-state index contributed by atoms with van der Waals surface area (Å²) in [6.07, 6.45) is 2.43. The van der Waals surface area contributed by atoms with Crippen molar-refractivity contribution >= 4 is 12.0 Å². The van der Waals surface area contributed by atoms with Crippen LogP contribution in [-0.4, -0.2) is 64.7 Å². The molecule has 0 aromatic heterocycles. The number of nitrogens with zero attached hydrogens (tertiary/aromatic N) is 2. The topological polar surface area (TPSA) is 72.9 Å². The number of rotatable bonds is 5. The van der Waals surface area contributed by atoms with Gasteiger partial charge in [0.05, 0.1) is 0 Å². The number of urea groups is 1. The van der Waals surface area contributed by atoms with E-state index in [0.29, 0.717) is 0 Å². The van der Waals surface area contributed by atoms with Crippen LogP contribution >= 0.6 is 0 Å². The molecule has 0 saturated carbocycles. The van der Waals surface area contributed by atoms with Gasteiger partial charge in [0.25, 0.3) is 0 Å². The van der Waals surface area contributed by atoms with Gasteiger partial charge in [0.15, 0.2) is 0 Å². The van der Waals surface area contributed by atoms with Gasteiger partial charge < -0.3 is 20.2 Å². The highest BCUT2D eigenvalue weighted by Gasteiger charge is 2.29. The first-order chi connectivity index (χ1) is 9.20. The van der Waals surface area contributed by atoms with E-state index in [1.54, 1.807) is 0 Å². The molecule has 1 unspecified atom stereocenters. The summed E-state index contributed by atoms with van der Waals surface area (Å²) in [5, 5.41) is 11.8. The van der Waals surface area contributed by atoms with E-state index >= 15 is 0 Å². The van der Waals surface area contributed by atoms with Gasteiger partial charge in [0.2, 0.25) is 0 Å². The molecule has 1 aliphatic heterocycles. The molecule has 0 aromatic rings. The second-order valence-electron chi connectivity index (χ2n) is 6.51. The maximum atomic E-state index is 12.2. The highest BCUT2D eigenvalue weighted by Crippen LogP contribution is 2.13. The van der Waals surface area contributed by atoms with Crippen molar-refractivity contribution in [2.75, 3.05) is 26.2 Å². The fourth-order valence-electron chi connectivity index (χ4n) is 2.44. The maximum absolute atomic E-state index is 12.2. The predicted molar refractivity (Wildman–Crippen MR) is 77.8 cm³/mol. The molecule has 0 aromatic carbocycles. The van der Waals surface area contributed by atoms with Crippen LogP contribution in [0.3, 0.4) is 0 Å². The van der Waals surface area contributed by atoms with Crippen LogP contribution in [0.25, 0.3) is 0 Å². The van der Waals surface area contributed by atoms with Gasteiger partial charge in [0.1, 0.15) is 6.54 Å². The van der Waals surface area contributed by atoms with Crippen molar-refractivity contribution in [3.8, 4) is 0 Å². The molecular weight excluding hydrogens is 258 g/mol. The number of carbonyl (C=O) groups excluding carboxylic acids is 1. The second-order valence-corrected chi connectivity index (χ2v) is 6.51. The Kier molecular flexibility index (Phi) is 5.80. The van der Waals surface area contributed by atoms with E-state index < -0.39 is 11.5 Å². The van der Waals surface area contributed by atoms with E-state index in [4.69, 9.17) is 5.11 Å². The quantitative estimate of drug-likeness (QED) is 0.800. The second kappa shape index (κ2) is 6.92. The zero-order valence-corrected chi connectivity index (χ0v) is 13.0. The SMILES string of the molecule is CC(CN1CCCC1)NC(=O)N(CC(=O)O)C(C)(C)C. The van der Waals surface area contributed by atoms with Gasteiger partial charge in [-0.25, -0.2) is 4.79 Å².